The van der Waals surface area contributed by atoms with Crippen LogP contribution in [0.5, 0.6) is 0 Å². The van der Waals surface area contributed by atoms with Crippen molar-refractivity contribution in [2.75, 3.05) is 0 Å². The molecule has 74 valence electrons. The molecule has 14 heavy (non-hydrogen) atoms. The lowest BCUT2D eigenvalue weighted by molar-refractivity contribution is -0.138. The molecule has 0 saturated heterocycles. The number of aliphatic carboxylic acids is 1. The van der Waals surface area contributed by atoms with Crippen molar-refractivity contribution in [1.82, 2.24) is 0 Å². The molecular weight excluding hydrogens is 176 g/mol. The van der Waals surface area contributed by atoms with Crippen molar-refractivity contribution in [3.63, 3.8) is 0 Å². The Bertz CT molecular complexity index is 382. The second-order valence-corrected chi connectivity index (χ2v) is 4.11. The fourth-order valence-corrected chi connectivity index (χ4v) is 2.51. The summed E-state index contributed by atoms with van der Waals surface area (Å²) in [5.74, 6) is -0.603. The highest BCUT2D eigenvalue weighted by Gasteiger charge is 2.33. The Kier molecular flexibility index (Phi) is 2.06. The smallest absolute Gasteiger partial charge is 0.311 e. The zero-order valence-electron chi connectivity index (χ0n) is 8.45. The molecule has 1 aliphatic carbocycles. The number of carbonyl (C=O) groups is 1. The van der Waals surface area contributed by atoms with E-state index in [0.29, 0.717) is 5.92 Å². The van der Waals surface area contributed by atoms with Crippen molar-refractivity contribution in [2.24, 2.45) is 0 Å². The molecule has 2 atom stereocenters. The summed E-state index contributed by atoms with van der Waals surface area (Å²) in [7, 11) is 0. The van der Waals surface area contributed by atoms with E-state index >= 15 is 0 Å². The number of hydrogen-bond donors (Lipinski definition) is 1. The second-order valence-electron chi connectivity index (χ2n) is 4.11. The minimum atomic E-state index is -0.693. The summed E-state index contributed by atoms with van der Waals surface area (Å²) in [6, 6.07) is 5.95. The molecule has 0 heterocycles. The monoisotopic (exact) mass is 190 g/mol. The van der Waals surface area contributed by atoms with Gasteiger partial charge in [-0.05, 0) is 36.0 Å². The van der Waals surface area contributed by atoms with E-state index in [1.54, 1.807) is 0 Å². The predicted molar refractivity (Wildman–Crippen MR) is 54.6 cm³/mol. The minimum absolute atomic E-state index is 0.292. The molecule has 1 aromatic carbocycles. The third-order valence-electron chi connectivity index (χ3n) is 3.11. The summed E-state index contributed by atoms with van der Waals surface area (Å²) in [6.07, 6.45) is 0.746. The first-order valence-corrected chi connectivity index (χ1v) is 4.93. The van der Waals surface area contributed by atoms with Crippen LogP contribution >= 0.6 is 0 Å². The normalized spacial score (nSPS) is 24.7. The lowest BCUT2D eigenvalue weighted by Gasteiger charge is -2.07. The highest BCUT2D eigenvalue weighted by Crippen LogP contribution is 2.42. The SMILES string of the molecule is Cc1cccc2c1C(C)CC2C(=O)O. The zero-order chi connectivity index (χ0) is 10.3. The van der Waals surface area contributed by atoms with E-state index in [1.807, 2.05) is 12.1 Å². The molecule has 0 aromatic heterocycles. The first kappa shape index (κ1) is 9.25. The van der Waals surface area contributed by atoms with E-state index < -0.39 is 5.97 Å². The summed E-state index contributed by atoms with van der Waals surface area (Å²) < 4.78 is 0. The molecule has 1 aliphatic rings. The molecule has 0 bridgehead atoms. The molecule has 0 aliphatic heterocycles. The lowest BCUT2D eigenvalue weighted by atomic mass is 9.98. The maximum Gasteiger partial charge on any atom is 0.311 e. The van der Waals surface area contributed by atoms with Gasteiger partial charge in [-0.3, -0.25) is 4.79 Å². The van der Waals surface area contributed by atoms with E-state index in [-0.39, 0.29) is 5.92 Å². The summed E-state index contributed by atoms with van der Waals surface area (Å²) in [4.78, 5) is 11.0. The Morgan fingerprint density at radius 3 is 2.86 bits per heavy atom. The van der Waals surface area contributed by atoms with Crippen LogP contribution in [0.1, 0.15) is 41.9 Å². The van der Waals surface area contributed by atoms with Crippen LogP contribution in [0.4, 0.5) is 0 Å². The van der Waals surface area contributed by atoms with Gasteiger partial charge in [0.2, 0.25) is 0 Å². The molecule has 0 saturated carbocycles. The van der Waals surface area contributed by atoms with E-state index in [4.69, 9.17) is 5.11 Å². The summed E-state index contributed by atoms with van der Waals surface area (Å²) in [6.45, 7) is 4.16. The Balaban J connectivity index is 2.55. The fourth-order valence-electron chi connectivity index (χ4n) is 2.51. The van der Waals surface area contributed by atoms with Gasteiger partial charge in [0.25, 0.3) is 0 Å². The van der Waals surface area contributed by atoms with E-state index in [9.17, 15) is 4.79 Å². The van der Waals surface area contributed by atoms with Crippen LogP contribution in [0.2, 0.25) is 0 Å². The lowest BCUT2D eigenvalue weighted by Crippen LogP contribution is -2.07. The Labute approximate surface area is 83.6 Å². The second kappa shape index (κ2) is 3.12. The molecule has 0 amide bonds. The number of carboxylic acids is 1. The van der Waals surface area contributed by atoms with Crippen LogP contribution in [-0.4, -0.2) is 11.1 Å². The number of aryl methyl sites for hydroxylation is 1. The zero-order valence-corrected chi connectivity index (χ0v) is 8.45. The molecule has 2 rings (SSSR count). The number of rotatable bonds is 1. The molecule has 0 radical (unpaired) electrons. The van der Waals surface area contributed by atoms with E-state index in [1.165, 1.54) is 11.1 Å². The fraction of sp³-hybridized carbons (Fsp3) is 0.417. The number of carboxylic acid groups (broad SMARTS) is 1. The molecule has 2 heteroatoms. The Morgan fingerprint density at radius 1 is 1.50 bits per heavy atom. The van der Waals surface area contributed by atoms with Gasteiger partial charge in [-0.15, -0.1) is 0 Å². The molecule has 0 spiro atoms. The van der Waals surface area contributed by atoms with Crippen molar-refractivity contribution < 1.29 is 9.90 Å². The third-order valence-corrected chi connectivity index (χ3v) is 3.11. The average Bonchev–Trinajstić information content (AvgIpc) is 2.45. The van der Waals surface area contributed by atoms with Gasteiger partial charge in [0.05, 0.1) is 5.92 Å². The number of hydrogen-bond acceptors (Lipinski definition) is 1. The quantitative estimate of drug-likeness (QED) is 0.739. The van der Waals surface area contributed by atoms with Gasteiger partial charge in [-0.2, -0.15) is 0 Å². The predicted octanol–water partition coefficient (Wildman–Crippen LogP) is 2.67. The van der Waals surface area contributed by atoms with Crippen LogP contribution in [0.25, 0.3) is 0 Å². The van der Waals surface area contributed by atoms with Crippen LogP contribution in [0.3, 0.4) is 0 Å². The summed E-state index contributed by atoms with van der Waals surface area (Å²) in [5, 5.41) is 9.07. The van der Waals surface area contributed by atoms with Crippen molar-refractivity contribution in [1.29, 1.82) is 0 Å². The largest absolute Gasteiger partial charge is 0.481 e. The van der Waals surface area contributed by atoms with Crippen LogP contribution in [-0.2, 0) is 4.79 Å². The van der Waals surface area contributed by atoms with Crippen LogP contribution in [0, 0.1) is 6.92 Å². The first-order chi connectivity index (χ1) is 6.61. The maximum atomic E-state index is 11.0. The van der Waals surface area contributed by atoms with Gasteiger partial charge in [0.1, 0.15) is 0 Å². The van der Waals surface area contributed by atoms with Gasteiger partial charge in [-0.25, -0.2) is 0 Å². The van der Waals surface area contributed by atoms with Crippen LogP contribution in [0.15, 0.2) is 18.2 Å². The van der Waals surface area contributed by atoms with Gasteiger partial charge in [-0.1, -0.05) is 25.1 Å². The van der Waals surface area contributed by atoms with Crippen LogP contribution < -0.4 is 0 Å². The first-order valence-electron chi connectivity index (χ1n) is 4.93. The standard InChI is InChI=1S/C12H14O2/c1-7-4-3-5-9-10(12(13)14)6-8(2)11(7)9/h3-5,8,10H,6H2,1-2H3,(H,13,14). The topological polar surface area (TPSA) is 37.3 Å². The number of fused-ring (bicyclic) bond motifs is 1. The molecule has 2 unspecified atom stereocenters. The van der Waals surface area contributed by atoms with Crippen molar-refractivity contribution in [2.45, 2.75) is 32.1 Å². The van der Waals surface area contributed by atoms with Gasteiger partial charge in [0, 0.05) is 0 Å². The highest BCUT2D eigenvalue weighted by atomic mass is 16.4. The van der Waals surface area contributed by atoms with E-state index in [2.05, 4.69) is 19.9 Å². The van der Waals surface area contributed by atoms with Crippen molar-refractivity contribution in [3.05, 3.63) is 34.9 Å². The number of benzene rings is 1. The van der Waals surface area contributed by atoms with Gasteiger partial charge >= 0.3 is 5.97 Å². The summed E-state index contributed by atoms with van der Waals surface area (Å²) >= 11 is 0. The molecular formula is C12H14O2. The third kappa shape index (κ3) is 1.22. The Morgan fingerprint density at radius 2 is 2.21 bits per heavy atom. The molecule has 2 nitrogen and oxygen atoms in total. The van der Waals surface area contributed by atoms with Crippen molar-refractivity contribution >= 4 is 5.97 Å². The minimum Gasteiger partial charge on any atom is -0.481 e. The molecule has 1 aromatic rings. The highest BCUT2D eigenvalue weighted by molar-refractivity contribution is 5.78. The average molecular weight is 190 g/mol. The van der Waals surface area contributed by atoms with E-state index in [0.717, 1.165) is 12.0 Å². The molecule has 1 N–H and O–H groups in total. The van der Waals surface area contributed by atoms with Gasteiger partial charge < -0.3 is 5.11 Å². The van der Waals surface area contributed by atoms with Gasteiger partial charge in [0.15, 0.2) is 0 Å². The van der Waals surface area contributed by atoms with Crippen molar-refractivity contribution in [3.8, 4) is 0 Å². The maximum absolute atomic E-state index is 11.0. The molecule has 0 fully saturated rings. The Hall–Kier alpha value is -1.31. The summed E-state index contributed by atoms with van der Waals surface area (Å²) in [5.41, 5.74) is 3.49.